The molecular formula is C10H13BrClN. The van der Waals surface area contributed by atoms with Gasteiger partial charge in [0.05, 0.1) is 0 Å². The van der Waals surface area contributed by atoms with Crippen molar-refractivity contribution in [2.24, 2.45) is 11.7 Å². The van der Waals surface area contributed by atoms with Crippen LogP contribution in [0.25, 0.3) is 0 Å². The van der Waals surface area contributed by atoms with E-state index < -0.39 is 0 Å². The highest BCUT2D eigenvalue weighted by molar-refractivity contribution is 9.10. The maximum absolute atomic E-state index is 6.06. The van der Waals surface area contributed by atoms with Crippen molar-refractivity contribution in [3.63, 3.8) is 0 Å². The topological polar surface area (TPSA) is 26.0 Å². The van der Waals surface area contributed by atoms with Crippen LogP contribution in [-0.2, 0) is 6.42 Å². The molecule has 1 rings (SSSR count). The van der Waals surface area contributed by atoms with Gasteiger partial charge in [-0.3, -0.25) is 0 Å². The monoisotopic (exact) mass is 261 g/mol. The average Bonchev–Trinajstić information content (AvgIpc) is 2.11. The van der Waals surface area contributed by atoms with Crippen molar-refractivity contribution in [3.05, 3.63) is 33.3 Å². The fraction of sp³-hybridized carbons (Fsp3) is 0.400. The molecule has 0 amide bonds. The molecule has 1 aromatic carbocycles. The van der Waals surface area contributed by atoms with Crippen LogP contribution in [-0.4, -0.2) is 6.54 Å². The van der Waals surface area contributed by atoms with Crippen LogP contribution < -0.4 is 5.73 Å². The van der Waals surface area contributed by atoms with Crippen LogP contribution in [0, 0.1) is 5.92 Å². The van der Waals surface area contributed by atoms with Crippen molar-refractivity contribution in [3.8, 4) is 0 Å². The van der Waals surface area contributed by atoms with Gasteiger partial charge in [-0.05, 0) is 36.6 Å². The summed E-state index contributed by atoms with van der Waals surface area (Å²) in [7, 11) is 0. The molecule has 0 aliphatic carbocycles. The van der Waals surface area contributed by atoms with Crippen molar-refractivity contribution in [2.45, 2.75) is 13.3 Å². The van der Waals surface area contributed by atoms with Gasteiger partial charge in [0.1, 0.15) is 0 Å². The first-order chi connectivity index (χ1) is 6.15. The summed E-state index contributed by atoms with van der Waals surface area (Å²) < 4.78 is 1.07. The summed E-state index contributed by atoms with van der Waals surface area (Å²) in [4.78, 5) is 0. The van der Waals surface area contributed by atoms with Crippen molar-refractivity contribution in [2.75, 3.05) is 6.54 Å². The Bertz CT molecular complexity index is 268. The molecule has 0 radical (unpaired) electrons. The van der Waals surface area contributed by atoms with Crippen LogP contribution in [0.3, 0.4) is 0 Å². The minimum atomic E-state index is 0.469. The zero-order valence-corrected chi connectivity index (χ0v) is 9.90. The Kier molecular flexibility index (Phi) is 4.23. The molecule has 0 saturated carbocycles. The molecule has 0 heterocycles. The van der Waals surface area contributed by atoms with E-state index in [9.17, 15) is 0 Å². The highest BCUT2D eigenvalue weighted by Crippen LogP contribution is 2.26. The molecule has 1 unspecified atom stereocenters. The number of nitrogens with two attached hydrogens (primary N) is 1. The van der Waals surface area contributed by atoms with E-state index in [1.165, 1.54) is 0 Å². The summed E-state index contributed by atoms with van der Waals surface area (Å²) >= 11 is 9.54. The summed E-state index contributed by atoms with van der Waals surface area (Å²) in [6, 6.07) is 5.85. The quantitative estimate of drug-likeness (QED) is 0.889. The molecule has 72 valence electrons. The Morgan fingerprint density at radius 3 is 2.77 bits per heavy atom. The molecular weight excluding hydrogens is 249 g/mol. The molecule has 0 aromatic heterocycles. The van der Waals surface area contributed by atoms with Gasteiger partial charge in [-0.2, -0.15) is 0 Å². The van der Waals surface area contributed by atoms with E-state index >= 15 is 0 Å². The molecule has 0 saturated heterocycles. The van der Waals surface area contributed by atoms with Crippen LogP contribution in [0.5, 0.6) is 0 Å². The van der Waals surface area contributed by atoms with Crippen molar-refractivity contribution < 1.29 is 0 Å². The maximum Gasteiger partial charge on any atom is 0.0449 e. The second kappa shape index (κ2) is 4.99. The summed E-state index contributed by atoms with van der Waals surface area (Å²) in [5.41, 5.74) is 6.72. The Balaban J connectivity index is 2.87. The van der Waals surface area contributed by atoms with E-state index in [0.717, 1.165) is 21.5 Å². The van der Waals surface area contributed by atoms with Crippen molar-refractivity contribution in [1.82, 2.24) is 0 Å². The Morgan fingerprint density at radius 2 is 2.23 bits per heavy atom. The fourth-order valence-electron chi connectivity index (χ4n) is 1.16. The predicted molar refractivity (Wildman–Crippen MR) is 61.1 cm³/mol. The average molecular weight is 263 g/mol. The molecule has 0 aliphatic rings. The maximum atomic E-state index is 6.06. The molecule has 1 atom stereocenters. The largest absolute Gasteiger partial charge is 0.330 e. The number of halogens is 2. The van der Waals surface area contributed by atoms with E-state index in [1.54, 1.807) is 0 Å². The van der Waals surface area contributed by atoms with Gasteiger partial charge in [0.15, 0.2) is 0 Å². The van der Waals surface area contributed by atoms with E-state index in [4.69, 9.17) is 17.3 Å². The molecule has 2 N–H and O–H groups in total. The second-order valence-corrected chi connectivity index (χ2v) is 4.51. The molecule has 0 spiro atoms. The first kappa shape index (κ1) is 11.0. The number of rotatable bonds is 3. The van der Waals surface area contributed by atoms with Gasteiger partial charge in [-0.1, -0.05) is 40.5 Å². The normalized spacial score (nSPS) is 12.9. The summed E-state index contributed by atoms with van der Waals surface area (Å²) in [5.74, 6) is 0.469. The lowest BCUT2D eigenvalue weighted by molar-refractivity contribution is 0.592. The molecule has 3 heteroatoms. The van der Waals surface area contributed by atoms with Gasteiger partial charge in [0.25, 0.3) is 0 Å². The van der Waals surface area contributed by atoms with Gasteiger partial charge >= 0.3 is 0 Å². The van der Waals surface area contributed by atoms with Gasteiger partial charge in [-0.25, -0.2) is 0 Å². The Morgan fingerprint density at radius 1 is 1.54 bits per heavy atom. The molecule has 0 fully saturated rings. The smallest absolute Gasteiger partial charge is 0.0449 e. The van der Waals surface area contributed by atoms with Crippen molar-refractivity contribution in [1.29, 1.82) is 0 Å². The molecule has 0 aliphatic heterocycles. The van der Waals surface area contributed by atoms with E-state index in [2.05, 4.69) is 22.9 Å². The molecule has 1 nitrogen and oxygen atoms in total. The standard InChI is InChI=1S/C10H13BrClN/c1-7(6-13)5-8-9(11)3-2-4-10(8)12/h2-4,7H,5-6,13H2,1H3. The third kappa shape index (κ3) is 2.97. The highest BCUT2D eigenvalue weighted by Gasteiger charge is 2.08. The number of hydrogen-bond donors (Lipinski definition) is 1. The lowest BCUT2D eigenvalue weighted by atomic mass is 10.0. The minimum absolute atomic E-state index is 0.469. The lowest BCUT2D eigenvalue weighted by Gasteiger charge is -2.11. The Labute approximate surface area is 92.4 Å². The predicted octanol–water partition coefficient (Wildman–Crippen LogP) is 3.24. The zero-order chi connectivity index (χ0) is 9.84. The van der Waals surface area contributed by atoms with Gasteiger partial charge in [0, 0.05) is 9.50 Å². The van der Waals surface area contributed by atoms with E-state index in [-0.39, 0.29) is 0 Å². The Hall–Kier alpha value is -0.0500. The zero-order valence-electron chi connectivity index (χ0n) is 7.56. The van der Waals surface area contributed by atoms with E-state index in [1.807, 2.05) is 18.2 Å². The van der Waals surface area contributed by atoms with Gasteiger partial charge in [-0.15, -0.1) is 0 Å². The summed E-state index contributed by atoms with van der Waals surface area (Å²) in [5, 5.41) is 0.815. The fourth-order valence-corrected chi connectivity index (χ4v) is 2.05. The molecule has 0 bridgehead atoms. The van der Waals surface area contributed by atoms with Gasteiger partial charge < -0.3 is 5.73 Å². The number of benzene rings is 1. The third-order valence-corrected chi connectivity index (χ3v) is 3.11. The third-order valence-electron chi connectivity index (χ3n) is 2.02. The van der Waals surface area contributed by atoms with Crippen molar-refractivity contribution >= 4 is 27.5 Å². The van der Waals surface area contributed by atoms with Crippen LogP contribution in [0.1, 0.15) is 12.5 Å². The van der Waals surface area contributed by atoms with Crippen LogP contribution in [0.2, 0.25) is 5.02 Å². The SMILES string of the molecule is CC(CN)Cc1c(Cl)cccc1Br. The van der Waals surface area contributed by atoms with Crippen LogP contribution in [0.4, 0.5) is 0 Å². The van der Waals surface area contributed by atoms with Crippen LogP contribution >= 0.6 is 27.5 Å². The summed E-state index contributed by atoms with van der Waals surface area (Å²) in [6.07, 6.45) is 0.927. The van der Waals surface area contributed by atoms with Crippen LogP contribution in [0.15, 0.2) is 22.7 Å². The summed E-state index contributed by atoms with van der Waals surface area (Å²) in [6.45, 7) is 2.81. The molecule has 13 heavy (non-hydrogen) atoms. The second-order valence-electron chi connectivity index (χ2n) is 3.25. The lowest BCUT2D eigenvalue weighted by Crippen LogP contribution is -2.13. The first-order valence-electron chi connectivity index (χ1n) is 4.28. The number of hydrogen-bond acceptors (Lipinski definition) is 1. The first-order valence-corrected chi connectivity index (χ1v) is 5.45. The van der Waals surface area contributed by atoms with E-state index in [0.29, 0.717) is 12.5 Å². The highest BCUT2D eigenvalue weighted by atomic mass is 79.9. The minimum Gasteiger partial charge on any atom is -0.330 e. The van der Waals surface area contributed by atoms with Gasteiger partial charge in [0.2, 0.25) is 0 Å². The molecule has 1 aromatic rings.